The van der Waals surface area contributed by atoms with Crippen molar-refractivity contribution in [3.05, 3.63) is 229 Å². The molecule has 0 heterocycles. The van der Waals surface area contributed by atoms with Gasteiger partial charge in [0, 0.05) is 29.8 Å². The summed E-state index contributed by atoms with van der Waals surface area (Å²) in [5, 5.41) is 9.87. The van der Waals surface area contributed by atoms with Gasteiger partial charge in [-0.3, -0.25) is 19.2 Å². The molecular formula is C57H38Cl8N4O4. The highest BCUT2D eigenvalue weighted by atomic mass is 35.5. The topological polar surface area (TPSA) is 116 Å². The maximum atomic E-state index is 14.0. The predicted molar refractivity (Wildman–Crippen MR) is 301 cm³/mol. The first-order valence-corrected chi connectivity index (χ1v) is 25.4. The Bertz CT molecular complexity index is 3530. The molecule has 0 saturated heterocycles. The Kier molecular flexibility index (Phi) is 14.7. The zero-order valence-corrected chi connectivity index (χ0v) is 44.9. The molecule has 0 aromatic heterocycles. The second-order valence-corrected chi connectivity index (χ2v) is 20.3. The summed E-state index contributed by atoms with van der Waals surface area (Å²) < 4.78 is 0. The number of carbonyl (C=O) groups excluding carboxylic acids is 4. The number of benzene rings is 8. The summed E-state index contributed by atoms with van der Waals surface area (Å²) in [5.41, 5.74) is 10.8. The van der Waals surface area contributed by atoms with Crippen LogP contribution in [-0.2, 0) is 5.41 Å². The van der Waals surface area contributed by atoms with Gasteiger partial charge in [0.05, 0.1) is 67.8 Å². The van der Waals surface area contributed by atoms with E-state index in [0.717, 1.165) is 61.3 Å². The highest BCUT2D eigenvalue weighted by molar-refractivity contribution is 6.54. The highest BCUT2D eigenvalue weighted by Gasteiger charge is 2.46. The minimum Gasteiger partial charge on any atom is -0.388 e. The summed E-state index contributed by atoms with van der Waals surface area (Å²) in [4.78, 5) is 53.3. The maximum absolute atomic E-state index is 14.0. The summed E-state index contributed by atoms with van der Waals surface area (Å²) in [6, 6.07) is 43.4. The molecule has 1 aliphatic carbocycles. The number of aryl methyl sites for hydroxylation is 2. The van der Waals surface area contributed by atoms with E-state index < -0.39 is 28.9 Å². The first-order chi connectivity index (χ1) is 34.9. The summed E-state index contributed by atoms with van der Waals surface area (Å²) >= 11 is 52.4. The number of ketones is 1. The van der Waals surface area contributed by atoms with Crippen molar-refractivity contribution in [2.24, 2.45) is 0 Å². The van der Waals surface area contributed by atoms with Gasteiger partial charge in [-0.2, -0.15) is 0 Å². The Morgan fingerprint density at radius 2 is 0.699 bits per heavy atom. The lowest BCUT2D eigenvalue weighted by molar-refractivity contribution is 0.100. The molecule has 8 aromatic carbocycles. The number of Topliss-reactive ketones (excluding diaryl/α,β-unsaturated/α-hetero) is 1. The van der Waals surface area contributed by atoms with E-state index in [2.05, 4.69) is 81.9 Å². The van der Waals surface area contributed by atoms with Gasteiger partial charge >= 0.3 is 0 Å². The van der Waals surface area contributed by atoms with Crippen LogP contribution in [0.25, 0.3) is 22.3 Å². The normalized spacial score (nSPS) is 12.2. The lowest BCUT2D eigenvalue weighted by atomic mass is 9.67. The van der Waals surface area contributed by atoms with Crippen LogP contribution in [0.1, 0.15) is 81.7 Å². The van der Waals surface area contributed by atoms with Crippen LogP contribution in [0.5, 0.6) is 0 Å². The third-order valence-corrected chi connectivity index (χ3v) is 16.4. The van der Waals surface area contributed by atoms with Crippen LogP contribution in [0, 0.1) is 13.8 Å². The number of amides is 3. The first-order valence-electron chi connectivity index (χ1n) is 22.4. The molecule has 0 bridgehead atoms. The van der Waals surface area contributed by atoms with Gasteiger partial charge in [0.25, 0.3) is 17.7 Å². The van der Waals surface area contributed by atoms with Crippen LogP contribution < -0.4 is 21.3 Å². The van der Waals surface area contributed by atoms with Crippen LogP contribution in [0.2, 0.25) is 40.2 Å². The molecule has 8 nitrogen and oxygen atoms in total. The van der Waals surface area contributed by atoms with Crippen molar-refractivity contribution < 1.29 is 19.2 Å². The van der Waals surface area contributed by atoms with Crippen molar-refractivity contribution in [2.75, 3.05) is 28.3 Å². The van der Waals surface area contributed by atoms with Gasteiger partial charge in [-0.05, 0) is 125 Å². The average Bonchev–Trinajstić information content (AvgIpc) is 3.67. The molecule has 0 saturated carbocycles. The zero-order chi connectivity index (χ0) is 52.2. The van der Waals surface area contributed by atoms with Gasteiger partial charge in [0.15, 0.2) is 5.78 Å². The molecule has 0 aliphatic heterocycles. The van der Waals surface area contributed by atoms with Gasteiger partial charge in [-0.15, -0.1) is 0 Å². The predicted octanol–water partition coefficient (Wildman–Crippen LogP) is 17.6. The van der Waals surface area contributed by atoms with E-state index in [1.165, 1.54) is 6.92 Å². The van der Waals surface area contributed by atoms with Gasteiger partial charge in [0.1, 0.15) is 0 Å². The SMILES string of the molecule is CNc1ccc(C2(c3ccc(NC(=O)c4c(Cl)c(Cl)c(C(=O)Nc5ccc(-c6ccc(NC(=O)c7c(Cl)c(Cl)c(C(C)=O)c(Cl)c7Cl)cc6C)c(C)c5)c(Cl)c4Cl)cc3)c3ccccc3-c3ccccc32)cc1. The Hall–Kier alpha value is -6.04. The minimum atomic E-state index is -0.715. The van der Waals surface area contributed by atoms with E-state index >= 15 is 0 Å². The molecule has 0 radical (unpaired) electrons. The molecule has 0 fully saturated rings. The second-order valence-electron chi connectivity index (χ2n) is 17.2. The number of rotatable bonds is 11. The fourth-order valence-corrected chi connectivity index (χ4v) is 12.0. The Morgan fingerprint density at radius 3 is 1.04 bits per heavy atom. The zero-order valence-electron chi connectivity index (χ0n) is 38.9. The Labute approximate surface area is 460 Å². The molecule has 4 N–H and O–H groups in total. The maximum Gasteiger partial charge on any atom is 0.258 e. The molecule has 8 aromatic rings. The van der Waals surface area contributed by atoms with Crippen molar-refractivity contribution in [1.82, 2.24) is 0 Å². The molecule has 73 heavy (non-hydrogen) atoms. The summed E-state index contributed by atoms with van der Waals surface area (Å²) in [6.07, 6.45) is 0. The van der Waals surface area contributed by atoms with Crippen molar-refractivity contribution >= 4 is 139 Å². The number of hydrogen-bond acceptors (Lipinski definition) is 5. The van der Waals surface area contributed by atoms with Gasteiger partial charge < -0.3 is 21.3 Å². The Balaban J connectivity index is 0.925. The average molecular weight is 1130 g/mol. The largest absolute Gasteiger partial charge is 0.388 e. The molecule has 3 amide bonds. The van der Waals surface area contributed by atoms with E-state index in [4.69, 9.17) is 92.8 Å². The molecule has 1 aliphatic rings. The quantitative estimate of drug-likeness (QED) is 0.0760. The number of hydrogen-bond donors (Lipinski definition) is 4. The lowest BCUT2D eigenvalue weighted by Crippen LogP contribution is -2.28. The standard InChI is InChI=1S/C57H38Cl8N4O4/c1-27-25-34(68-55(72)43-48(60)46(58)42(29(3)70)47(59)49(43)61)21-23-36(27)37-24-22-35(26-28(37)2)69-56(73)45-52(64)50(62)44(51(63)53(45)65)54(71)67-33-19-15-31(16-20-33)57(30-13-17-32(66-4)18-14-30)40-11-7-5-9-38(40)39-10-6-8-12-41(39)57/h5-26,66H,1-4H3,(H,67,71)(H,68,72)(H,69,73). The molecule has 16 heteroatoms. The van der Waals surface area contributed by atoms with Crippen molar-refractivity contribution in [3.8, 4) is 22.3 Å². The fourth-order valence-electron chi connectivity index (χ4n) is 9.55. The smallest absolute Gasteiger partial charge is 0.258 e. The number of fused-ring (bicyclic) bond motifs is 3. The van der Waals surface area contributed by atoms with Crippen molar-refractivity contribution in [2.45, 2.75) is 26.2 Å². The van der Waals surface area contributed by atoms with Gasteiger partial charge in [0.2, 0.25) is 0 Å². The van der Waals surface area contributed by atoms with E-state index in [1.54, 1.807) is 24.3 Å². The van der Waals surface area contributed by atoms with Crippen LogP contribution >= 0.6 is 92.8 Å². The van der Waals surface area contributed by atoms with Crippen molar-refractivity contribution in [3.63, 3.8) is 0 Å². The monoisotopic (exact) mass is 1120 g/mol. The van der Waals surface area contributed by atoms with E-state index in [9.17, 15) is 19.2 Å². The fraction of sp³-hybridized carbons (Fsp3) is 0.0877. The molecule has 0 unspecified atom stereocenters. The summed E-state index contributed by atoms with van der Waals surface area (Å²) in [6.45, 7) is 4.99. The Morgan fingerprint density at radius 1 is 0.384 bits per heavy atom. The van der Waals surface area contributed by atoms with Crippen LogP contribution in [-0.4, -0.2) is 30.6 Å². The molecule has 0 spiro atoms. The summed E-state index contributed by atoms with van der Waals surface area (Å²) in [5.74, 6) is -2.54. The van der Waals surface area contributed by atoms with Gasteiger partial charge in [-0.1, -0.05) is 178 Å². The molecule has 366 valence electrons. The van der Waals surface area contributed by atoms with E-state index in [0.29, 0.717) is 17.1 Å². The van der Waals surface area contributed by atoms with E-state index in [1.807, 2.05) is 69.4 Å². The van der Waals surface area contributed by atoms with Crippen LogP contribution in [0.15, 0.2) is 133 Å². The third-order valence-electron chi connectivity index (χ3n) is 13.0. The van der Waals surface area contributed by atoms with Gasteiger partial charge in [-0.25, -0.2) is 0 Å². The number of carbonyl (C=O) groups is 4. The van der Waals surface area contributed by atoms with Crippen LogP contribution in [0.4, 0.5) is 22.7 Å². The summed E-state index contributed by atoms with van der Waals surface area (Å²) in [7, 11) is 1.89. The third kappa shape index (κ3) is 9.13. The van der Waals surface area contributed by atoms with Crippen molar-refractivity contribution in [1.29, 1.82) is 0 Å². The number of halogens is 8. The number of nitrogens with one attached hydrogen (secondary N) is 4. The molecule has 0 atom stereocenters. The number of anilines is 4. The van der Waals surface area contributed by atoms with E-state index in [-0.39, 0.29) is 62.4 Å². The highest BCUT2D eigenvalue weighted by Crippen LogP contribution is 2.56. The minimum absolute atomic E-state index is 0.0771. The lowest BCUT2D eigenvalue weighted by Gasteiger charge is -2.34. The molecular weight excluding hydrogens is 1090 g/mol. The second kappa shape index (κ2) is 20.7. The molecule has 9 rings (SSSR count). The first kappa shape index (κ1) is 51.8. The van der Waals surface area contributed by atoms with Crippen LogP contribution in [0.3, 0.4) is 0 Å².